The van der Waals surface area contributed by atoms with E-state index < -0.39 is 130 Å². The molecule has 3 rings (SSSR count). The van der Waals surface area contributed by atoms with Gasteiger partial charge in [0, 0.05) is 12.0 Å². The third-order valence-corrected chi connectivity index (χ3v) is 8.42. The van der Waals surface area contributed by atoms with Crippen LogP contribution >= 0.6 is 7.82 Å². The Labute approximate surface area is 296 Å². The number of aromatic amines is 1. The number of carboxylic acids is 3. The van der Waals surface area contributed by atoms with Crippen molar-refractivity contribution in [1.82, 2.24) is 14.5 Å². The number of aliphatic carboxylic acids is 3. The Morgan fingerprint density at radius 2 is 1.66 bits per heavy atom. The summed E-state index contributed by atoms with van der Waals surface area (Å²) in [7, 11) is -5.29. The van der Waals surface area contributed by atoms with Crippen LogP contribution in [0.1, 0.15) is 32.6 Å². The Morgan fingerprint density at radius 1 is 1.00 bits per heavy atom. The SMILES string of the molecule is C[C@H](OP(=O)(O)OC[C@@H](O)[C@@H](O)[C@@H](O)Cn1c2cc(=O)ccc-2cc2c(=O)[nH]c([O-])nc21)C([O-])=N[C@@H](CCC([O-])=N[C@@H](CCC(=O)[O-])C(=O)[O-])C(=O)O. The van der Waals surface area contributed by atoms with Crippen molar-refractivity contribution in [2.75, 3.05) is 6.61 Å². The van der Waals surface area contributed by atoms with Gasteiger partial charge >= 0.3 is 13.8 Å². The molecule has 2 heterocycles. The van der Waals surface area contributed by atoms with Crippen molar-refractivity contribution in [2.45, 2.75) is 75.7 Å². The number of phosphoric ester groups is 1. The van der Waals surface area contributed by atoms with Crippen LogP contribution in [0.4, 0.5) is 0 Å². The number of benzene rings is 1. The zero-order valence-corrected chi connectivity index (χ0v) is 28.2. The van der Waals surface area contributed by atoms with Crippen molar-refractivity contribution in [3.8, 4) is 17.3 Å². The summed E-state index contributed by atoms with van der Waals surface area (Å²) in [5.74, 6) is -7.86. The fraction of sp³-hybridized carbons (Fsp3) is 0.448. The van der Waals surface area contributed by atoms with Crippen molar-refractivity contribution >= 4 is 48.6 Å². The molecule has 0 fully saturated rings. The molecular formula is C29H31N5O18P-5. The van der Waals surface area contributed by atoms with E-state index in [1.165, 1.54) is 18.2 Å². The van der Waals surface area contributed by atoms with Crippen molar-refractivity contribution < 1.29 is 78.8 Å². The number of carbonyl (C=O) groups excluding carboxylic acids is 2. The monoisotopic (exact) mass is 768 g/mol. The van der Waals surface area contributed by atoms with Gasteiger partial charge in [0.2, 0.25) is 0 Å². The van der Waals surface area contributed by atoms with Crippen LogP contribution in [-0.4, -0.2) is 113 Å². The molecule has 0 aromatic carbocycles. The van der Waals surface area contributed by atoms with Crippen molar-refractivity contribution in [2.24, 2.45) is 9.98 Å². The van der Waals surface area contributed by atoms with E-state index in [1.807, 2.05) is 4.98 Å². The van der Waals surface area contributed by atoms with Gasteiger partial charge < -0.3 is 70.0 Å². The van der Waals surface area contributed by atoms with Gasteiger partial charge in [0.15, 0.2) is 5.43 Å². The number of aliphatic imine (C=N–C) groups is 2. The fourth-order valence-electron chi connectivity index (χ4n) is 4.71. The first kappa shape index (κ1) is 42.1. The summed E-state index contributed by atoms with van der Waals surface area (Å²) in [4.78, 5) is 80.0. The summed E-state index contributed by atoms with van der Waals surface area (Å²) in [6.07, 6.45) is -11.1. The number of fused-ring (bicyclic) bond motifs is 2. The summed E-state index contributed by atoms with van der Waals surface area (Å²) in [5.41, 5.74) is -1.25. The van der Waals surface area contributed by atoms with Gasteiger partial charge in [0.1, 0.15) is 30.0 Å². The minimum Gasteiger partial charge on any atom is -0.862 e. The molecule has 0 spiro atoms. The van der Waals surface area contributed by atoms with E-state index >= 15 is 0 Å². The van der Waals surface area contributed by atoms with Gasteiger partial charge in [-0.25, -0.2) is 14.3 Å². The lowest BCUT2D eigenvalue weighted by molar-refractivity contribution is -0.309. The summed E-state index contributed by atoms with van der Waals surface area (Å²) in [6.45, 7) is -1.03. The number of nitrogens with zero attached hydrogens (tertiary/aromatic N) is 4. The van der Waals surface area contributed by atoms with Crippen molar-refractivity contribution in [1.29, 1.82) is 0 Å². The first-order valence-corrected chi connectivity index (χ1v) is 16.7. The Balaban J connectivity index is 1.65. The van der Waals surface area contributed by atoms with Crippen LogP contribution in [0.15, 0.2) is 43.8 Å². The average Bonchev–Trinajstić information content (AvgIpc) is 3.06. The maximum Gasteiger partial charge on any atom is 0.472 e. The molecule has 24 heteroatoms. The number of H-pyrrole nitrogens is 1. The van der Waals surface area contributed by atoms with Gasteiger partial charge in [-0.15, -0.1) is 0 Å². The van der Waals surface area contributed by atoms with E-state index in [9.17, 15) is 79.4 Å². The molecule has 1 unspecified atom stereocenters. The molecule has 0 bridgehead atoms. The zero-order valence-electron chi connectivity index (χ0n) is 27.3. The number of hydrogen-bond acceptors (Lipinski definition) is 19. The number of pyridine rings is 1. The number of carbonyl (C=O) groups is 3. The number of aromatic nitrogens is 3. The van der Waals surface area contributed by atoms with E-state index in [4.69, 9.17) is 0 Å². The first-order chi connectivity index (χ1) is 24.7. The molecule has 7 atom stereocenters. The van der Waals surface area contributed by atoms with Crippen LogP contribution in [0.25, 0.3) is 22.3 Å². The third-order valence-electron chi connectivity index (χ3n) is 7.36. The molecule has 1 aromatic rings. The maximum atomic E-state index is 12.5. The van der Waals surface area contributed by atoms with E-state index in [1.54, 1.807) is 0 Å². The molecule has 0 radical (unpaired) electrons. The molecule has 6 N–H and O–H groups in total. The molecule has 1 aliphatic heterocycles. The maximum absolute atomic E-state index is 12.5. The standard InChI is InChI=1S/C29H36N5O18P/c1-12(25(42)31-17(28(46)47)4-6-21(38)30-16(27(44)45)5-7-22(39)40)52-53(49,50)51-11-20(37)23(41)19(36)10-34-18-9-14(35)3-2-13(18)8-15-24(34)32-29(48)33-26(15)43/h2-3,8-9,12,16-17,19-20,23,36-37,41H,4-7,10-11H2,1H3,(H,30,38)(H,31,42)(H,39,40)(H,44,45)(H,46,47)(H,49,50)(H2,32,33,43,48)/p-5/t12-,16-,17-,19-,20+,23-/m0/s1. The second kappa shape index (κ2) is 18.0. The molecule has 0 saturated heterocycles. The van der Waals surface area contributed by atoms with Crippen LogP contribution in [0.3, 0.4) is 0 Å². The second-order valence-corrected chi connectivity index (χ2v) is 12.8. The number of nitrogens with one attached hydrogen (secondary N) is 1. The lowest BCUT2D eigenvalue weighted by atomic mass is 10.0. The van der Waals surface area contributed by atoms with E-state index in [0.29, 0.717) is 5.56 Å². The molecule has 0 saturated carbocycles. The van der Waals surface area contributed by atoms with Crippen LogP contribution in [0.2, 0.25) is 0 Å². The highest BCUT2D eigenvalue weighted by Gasteiger charge is 2.32. The normalized spacial score (nSPS) is 17.1. The molecule has 0 amide bonds. The lowest BCUT2D eigenvalue weighted by Gasteiger charge is -2.27. The highest BCUT2D eigenvalue weighted by molar-refractivity contribution is 7.47. The van der Waals surface area contributed by atoms with Crippen LogP contribution in [0, 0.1) is 0 Å². The zero-order chi connectivity index (χ0) is 39.8. The minimum absolute atomic E-state index is 0.0823. The Morgan fingerprint density at radius 3 is 2.28 bits per heavy atom. The molecule has 2 aliphatic rings. The minimum atomic E-state index is -5.29. The highest BCUT2D eigenvalue weighted by Crippen LogP contribution is 2.44. The quantitative estimate of drug-likeness (QED) is 0.0269. The topological polar surface area (TPSA) is 396 Å². The summed E-state index contributed by atoms with van der Waals surface area (Å²) < 4.78 is 22.8. The molecule has 1 aromatic heterocycles. The number of carboxylic acid groups (broad SMARTS) is 3. The molecule has 23 nitrogen and oxygen atoms in total. The first-order valence-electron chi connectivity index (χ1n) is 15.3. The van der Waals surface area contributed by atoms with Crippen molar-refractivity contribution in [3.05, 3.63) is 44.8 Å². The van der Waals surface area contributed by atoms with E-state index in [0.717, 1.165) is 17.6 Å². The average molecular weight is 769 g/mol. The van der Waals surface area contributed by atoms with E-state index in [-0.39, 0.29) is 16.7 Å². The van der Waals surface area contributed by atoms with Gasteiger partial charge in [-0.3, -0.25) is 28.6 Å². The third kappa shape index (κ3) is 11.9. The smallest absolute Gasteiger partial charge is 0.472 e. The molecule has 290 valence electrons. The Kier molecular flexibility index (Phi) is 14.3. The van der Waals surface area contributed by atoms with Gasteiger partial charge in [-0.2, -0.15) is 0 Å². The number of aliphatic hydroxyl groups is 3. The van der Waals surface area contributed by atoms with Gasteiger partial charge in [0.25, 0.3) is 5.56 Å². The summed E-state index contributed by atoms with van der Waals surface area (Å²) in [5, 5.41) is 99.0. The van der Waals surface area contributed by atoms with Crippen LogP contribution in [0.5, 0.6) is 6.01 Å². The van der Waals surface area contributed by atoms with Gasteiger partial charge in [0.05, 0.1) is 48.4 Å². The molecular weight excluding hydrogens is 737 g/mol. The fourth-order valence-corrected chi connectivity index (χ4v) is 5.60. The Hall–Kier alpha value is -5.29. The summed E-state index contributed by atoms with van der Waals surface area (Å²) in [6, 6.07) is 0.0797. The van der Waals surface area contributed by atoms with Gasteiger partial charge in [-0.1, -0.05) is 0 Å². The van der Waals surface area contributed by atoms with Gasteiger partial charge in [-0.05, 0) is 68.2 Å². The molecule has 53 heavy (non-hydrogen) atoms. The number of rotatable bonds is 20. The molecule has 1 aliphatic carbocycles. The van der Waals surface area contributed by atoms with Crippen LogP contribution < -0.4 is 36.5 Å². The van der Waals surface area contributed by atoms with Crippen molar-refractivity contribution in [3.63, 3.8) is 0 Å². The largest absolute Gasteiger partial charge is 0.862 e. The number of hydrogen-bond donors (Lipinski definition) is 6. The van der Waals surface area contributed by atoms with Crippen LogP contribution in [-0.2, 0) is 34.5 Å². The predicted octanol–water partition coefficient (Wildman–Crippen LogP) is -6.73. The summed E-state index contributed by atoms with van der Waals surface area (Å²) >= 11 is 0. The lowest BCUT2D eigenvalue weighted by Crippen LogP contribution is -2.42. The number of phosphoric acid groups is 1. The second-order valence-electron chi connectivity index (χ2n) is 11.3. The number of aliphatic hydroxyl groups excluding tert-OH is 3. The van der Waals surface area contributed by atoms with E-state index in [2.05, 4.69) is 24.0 Å². The predicted molar refractivity (Wildman–Crippen MR) is 166 cm³/mol. The highest BCUT2D eigenvalue weighted by atomic mass is 31.2. The Bertz CT molecular complexity index is 2010.